The Bertz CT molecular complexity index is 511. The third kappa shape index (κ3) is 5.19. The zero-order chi connectivity index (χ0) is 16.0. The molecule has 1 unspecified atom stereocenters. The van der Waals surface area contributed by atoms with Gasteiger partial charge in [0.25, 0.3) is 5.91 Å². The van der Waals surface area contributed by atoms with E-state index in [2.05, 4.69) is 4.74 Å². The van der Waals surface area contributed by atoms with Crippen molar-refractivity contribution in [2.45, 2.75) is 33.3 Å². The zero-order valence-electron chi connectivity index (χ0n) is 13.0. The normalized spacial score (nSPS) is 11.9. The largest absolute Gasteiger partial charge is 0.469 e. The van der Waals surface area contributed by atoms with Crippen molar-refractivity contribution in [3.63, 3.8) is 0 Å². The van der Waals surface area contributed by atoms with Crippen molar-refractivity contribution >= 4 is 11.9 Å². The third-order valence-electron chi connectivity index (χ3n) is 3.34. The number of amides is 1. The first-order chi connectivity index (χ1) is 9.85. The van der Waals surface area contributed by atoms with Crippen molar-refractivity contribution in [3.8, 4) is 0 Å². The molecule has 0 bridgehead atoms. The molecular weight excluding hydrogens is 270 g/mol. The van der Waals surface area contributed by atoms with Gasteiger partial charge >= 0.3 is 5.97 Å². The monoisotopic (exact) mass is 293 g/mol. The lowest BCUT2D eigenvalue weighted by atomic mass is 10.1. The van der Waals surface area contributed by atoms with E-state index in [1.54, 1.807) is 13.0 Å². The predicted octanol–water partition coefficient (Wildman–Crippen LogP) is 1.69. The van der Waals surface area contributed by atoms with E-state index in [0.29, 0.717) is 5.56 Å². The molecule has 1 N–H and O–H groups in total. The number of nitrogens with zero attached hydrogens (tertiary/aromatic N) is 1. The SMILES string of the molecule is COC(=O)CCN(CC(C)O)C(=O)c1ccc(C)c(C)c1. The van der Waals surface area contributed by atoms with Gasteiger partial charge in [-0.05, 0) is 44.0 Å². The molecular formula is C16H23NO4. The van der Waals surface area contributed by atoms with Gasteiger partial charge in [-0.2, -0.15) is 0 Å². The van der Waals surface area contributed by atoms with Crippen LogP contribution in [0.2, 0.25) is 0 Å². The highest BCUT2D eigenvalue weighted by atomic mass is 16.5. The highest BCUT2D eigenvalue weighted by Crippen LogP contribution is 2.13. The molecule has 0 spiro atoms. The number of carbonyl (C=O) groups excluding carboxylic acids is 2. The number of hydrogen-bond acceptors (Lipinski definition) is 4. The maximum absolute atomic E-state index is 12.5. The van der Waals surface area contributed by atoms with Gasteiger partial charge in [0.2, 0.25) is 0 Å². The first-order valence-electron chi connectivity index (χ1n) is 6.96. The second-order valence-corrected chi connectivity index (χ2v) is 5.23. The minimum atomic E-state index is -0.654. The molecule has 0 heterocycles. The zero-order valence-corrected chi connectivity index (χ0v) is 13.0. The fourth-order valence-electron chi connectivity index (χ4n) is 1.98. The molecule has 21 heavy (non-hydrogen) atoms. The molecule has 1 atom stereocenters. The van der Waals surface area contributed by atoms with Gasteiger partial charge in [0.15, 0.2) is 0 Å². The smallest absolute Gasteiger partial charge is 0.307 e. The van der Waals surface area contributed by atoms with E-state index >= 15 is 0 Å². The number of hydrogen-bond donors (Lipinski definition) is 1. The summed E-state index contributed by atoms with van der Waals surface area (Å²) < 4.78 is 4.59. The van der Waals surface area contributed by atoms with E-state index in [-0.39, 0.29) is 31.4 Å². The Morgan fingerprint density at radius 1 is 1.29 bits per heavy atom. The van der Waals surface area contributed by atoms with Crippen molar-refractivity contribution in [1.82, 2.24) is 4.90 Å². The summed E-state index contributed by atoms with van der Waals surface area (Å²) in [6.07, 6.45) is -0.544. The second kappa shape index (κ2) is 7.78. The lowest BCUT2D eigenvalue weighted by Crippen LogP contribution is -2.38. The lowest BCUT2D eigenvalue weighted by molar-refractivity contribution is -0.140. The number of aryl methyl sites for hydroxylation is 2. The third-order valence-corrected chi connectivity index (χ3v) is 3.34. The number of benzene rings is 1. The minimum absolute atomic E-state index is 0.111. The number of esters is 1. The standard InChI is InChI=1S/C16H23NO4/c1-11-5-6-14(9-12(11)2)16(20)17(10-13(3)18)8-7-15(19)21-4/h5-6,9,13,18H,7-8,10H2,1-4H3. The summed E-state index contributed by atoms with van der Waals surface area (Å²) in [6.45, 7) is 5.94. The Hall–Kier alpha value is -1.88. The lowest BCUT2D eigenvalue weighted by Gasteiger charge is -2.24. The van der Waals surface area contributed by atoms with E-state index in [0.717, 1.165) is 11.1 Å². The molecule has 0 aliphatic heterocycles. The number of ether oxygens (including phenoxy) is 1. The summed E-state index contributed by atoms with van der Waals surface area (Å²) in [5.41, 5.74) is 2.71. The first kappa shape index (κ1) is 17.2. The molecule has 116 valence electrons. The number of carbonyl (C=O) groups is 2. The highest BCUT2D eigenvalue weighted by molar-refractivity contribution is 5.94. The molecule has 5 nitrogen and oxygen atoms in total. The van der Waals surface area contributed by atoms with Crippen LogP contribution in [-0.2, 0) is 9.53 Å². The van der Waals surface area contributed by atoms with Gasteiger partial charge in [-0.15, -0.1) is 0 Å². The van der Waals surface area contributed by atoms with Gasteiger partial charge in [0, 0.05) is 18.7 Å². The molecule has 0 aliphatic rings. The average molecular weight is 293 g/mol. The van der Waals surface area contributed by atoms with Crippen molar-refractivity contribution in [3.05, 3.63) is 34.9 Å². The summed E-state index contributed by atoms with van der Waals surface area (Å²) >= 11 is 0. The maximum Gasteiger partial charge on any atom is 0.307 e. The summed E-state index contributed by atoms with van der Waals surface area (Å²) in [7, 11) is 1.31. The first-order valence-corrected chi connectivity index (χ1v) is 6.96. The summed E-state index contributed by atoms with van der Waals surface area (Å²) in [6, 6.07) is 5.48. The molecule has 0 radical (unpaired) electrons. The Balaban J connectivity index is 2.87. The van der Waals surface area contributed by atoms with Crippen LogP contribution in [0.3, 0.4) is 0 Å². The number of aliphatic hydroxyl groups is 1. The van der Waals surface area contributed by atoms with Crippen LogP contribution in [0.1, 0.15) is 34.8 Å². The minimum Gasteiger partial charge on any atom is -0.469 e. The quantitative estimate of drug-likeness (QED) is 0.811. The van der Waals surface area contributed by atoms with Crippen LogP contribution in [0.15, 0.2) is 18.2 Å². The van der Waals surface area contributed by atoms with Crippen molar-refractivity contribution < 1.29 is 19.4 Å². The average Bonchev–Trinajstić information content (AvgIpc) is 2.44. The van der Waals surface area contributed by atoms with Crippen molar-refractivity contribution in [1.29, 1.82) is 0 Å². The van der Waals surface area contributed by atoms with Gasteiger partial charge in [0.1, 0.15) is 0 Å². The molecule has 0 saturated carbocycles. The topological polar surface area (TPSA) is 66.8 Å². The van der Waals surface area contributed by atoms with Crippen LogP contribution in [0.5, 0.6) is 0 Å². The predicted molar refractivity (Wildman–Crippen MR) is 80.1 cm³/mol. The summed E-state index contributed by atoms with van der Waals surface area (Å²) in [4.78, 5) is 25.2. The van der Waals surface area contributed by atoms with Crippen LogP contribution >= 0.6 is 0 Å². The highest BCUT2D eigenvalue weighted by Gasteiger charge is 2.19. The molecule has 0 aromatic heterocycles. The number of methoxy groups -OCH3 is 1. The molecule has 1 rings (SSSR count). The van der Waals surface area contributed by atoms with Crippen LogP contribution in [0.25, 0.3) is 0 Å². The maximum atomic E-state index is 12.5. The number of rotatable bonds is 6. The second-order valence-electron chi connectivity index (χ2n) is 5.23. The van der Waals surface area contributed by atoms with Crippen molar-refractivity contribution in [2.24, 2.45) is 0 Å². The summed E-state index contributed by atoms with van der Waals surface area (Å²) in [5.74, 6) is -0.568. The molecule has 0 aliphatic carbocycles. The van der Waals surface area contributed by atoms with E-state index in [1.807, 2.05) is 26.0 Å². The Kier molecular flexibility index (Phi) is 6.37. The van der Waals surface area contributed by atoms with Crippen LogP contribution < -0.4 is 0 Å². The van der Waals surface area contributed by atoms with Gasteiger partial charge < -0.3 is 14.7 Å². The van der Waals surface area contributed by atoms with Gasteiger partial charge in [-0.3, -0.25) is 9.59 Å². The molecule has 5 heteroatoms. The molecule has 1 amide bonds. The fraction of sp³-hybridized carbons (Fsp3) is 0.500. The van der Waals surface area contributed by atoms with Crippen molar-refractivity contribution in [2.75, 3.05) is 20.2 Å². The Labute approximate surface area is 125 Å². The van der Waals surface area contributed by atoms with Gasteiger partial charge in [0.05, 0.1) is 19.6 Å². The van der Waals surface area contributed by atoms with E-state index in [1.165, 1.54) is 12.0 Å². The molecule has 0 saturated heterocycles. The van der Waals surface area contributed by atoms with E-state index in [4.69, 9.17) is 0 Å². The van der Waals surface area contributed by atoms with Crippen LogP contribution in [-0.4, -0.2) is 48.2 Å². The van der Waals surface area contributed by atoms with Crippen LogP contribution in [0.4, 0.5) is 0 Å². The van der Waals surface area contributed by atoms with Crippen LogP contribution in [0, 0.1) is 13.8 Å². The van der Waals surface area contributed by atoms with E-state index in [9.17, 15) is 14.7 Å². The molecule has 1 aromatic rings. The van der Waals surface area contributed by atoms with Gasteiger partial charge in [-0.1, -0.05) is 6.07 Å². The van der Waals surface area contributed by atoms with E-state index < -0.39 is 6.10 Å². The fourth-order valence-corrected chi connectivity index (χ4v) is 1.98. The Morgan fingerprint density at radius 2 is 1.95 bits per heavy atom. The summed E-state index contributed by atoms with van der Waals surface area (Å²) in [5, 5.41) is 9.53. The number of aliphatic hydroxyl groups excluding tert-OH is 1. The molecule has 1 aromatic carbocycles. The van der Waals surface area contributed by atoms with Gasteiger partial charge in [-0.25, -0.2) is 0 Å². The Morgan fingerprint density at radius 3 is 2.48 bits per heavy atom. The molecule has 0 fully saturated rings.